The van der Waals surface area contributed by atoms with Crippen LogP contribution in [0.5, 0.6) is 0 Å². The van der Waals surface area contributed by atoms with Gasteiger partial charge in [0.1, 0.15) is 0 Å². The van der Waals surface area contributed by atoms with Crippen molar-refractivity contribution >= 4 is 0 Å². The smallest absolute Gasteiger partial charge is 0.246 e. The summed E-state index contributed by atoms with van der Waals surface area (Å²) in [5.41, 5.74) is 2.35. The minimum atomic E-state index is -0.182. The van der Waals surface area contributed by atoms with E-state index in [-0.39, 0.29) is 23.5 Å². The van der Waals surface area contributed by atoms with E-state index < -0.39 is 0 Å². The van der Waals surface area contributed by atoms with Gasteiger partial charge in [-0.1, -0.05) is 11.1 Å². The second-order valence-electron chi connectivity index (χ2n) is 4.92. The molecule has 0 bridgehead atoms. The molecule has 0 amide bonds. The van der Waals surface area contributed by atoms with Gasteiger partial charge >= 0.3 is 11.4 Å². The molecule has 1 aliphatic heterocycles. The summed E-state index contributed by atoms with van der Waals surface area (Å²) in [6, 6.07) is 0.398. The lowest BCUT2D eigenvalue weighted by Crippen LogP contribution is -2.49. The highest BCUT2D eigenvalue weighted by Crippen LogP contribution is 2.44. The predicted octanol–water partition coefficient (Wildman–Crippen LogP) is 0.574. The molecule has 2 aliphatic rings. The van der Waals surface area contributed by atoms with Crippen LogP contribution in [0.25, 0.3) is 0 Å². The quantitative estimate of drug-likeness (QED) is 0.601. The van der Waals surface area contributed by atoms with Crippen molar-refractivity contribution in [1.29, 1.82) is 0 Å². The topological polar surface area (TPSA) is 48.9 Å². The Morgan fingerprint density at radius 2 is 1.31 bits per heavy atom. The van der Waals surface area contributed by atoms with Gasteiger partial charge in [0, 0.05) is 7.05 Å². The van der Waals surface area contributed by atoms with Crippen molar-refractivity contribution < 1.29 is 0 Å². The molecule has 3 rings (SSSR count). The van der Waals surface area contributed by atoms with E-state index in [1.54, 1.807) is 16.4 Å². The normalized spacial score (nSPS) is 27.4. The first-order valence-corrected chi connectivity index (χ1v) is 5.57. The molecule has 5 heteroatoms. The standard InChI is InChI=1S/C11H15N3O2/c1-6-4-8-9(5-7(6)2)14-11(16)12(3)10(15)13(8)14/h8-9H,4-5H2,1-3H3. The molecule has 2 unspecified atom stereocenters. The zero-order valence-electron chi connectivity index (χ0n) is 9.73. The molecule has 1 aliphatic carbocycles. The Hall–Kier alpha value is -1.52. The summed E-state index contributed by atoms with van der Waals surface area (Å²) in [7, 11) is 1.54. The number of hydrogen-bond donors (Lipinski definition) is 0. The monoisotopic (exact) mass is 221 g/mol. The van der Waals surface area contributed by atoms with Gasteiger partial charge in [-0.15, -0.1) is 0 Å². The Balaban J connectivity index is 2.18. The van der Waals surface area contributed by atoms with Crippen LogP contribution in [-0.2, 0) is 7.05 Å². The largest absolute Gasteiger partial charge is 0.347 e. The molecule has 0 saturated carbocycles. The molecule has 16 heavy (non-hydrogen) atoms. The lowest BCUT2D eigenvalue weighted by Gasteiger charge is -2.43. The average Bonchev–Trinajstić information content (AvgIpc) is 2.43. The molecule has 5 nitrogen and oxygen atoms in total. The van der Waals surface area contributed by atoms with Crippen molar-refractivity contribution in [2.75, 3.05) is 0 Å². The molecule has 0 radical (unpaired) electrons. The van der Waals surface area contributed by atoms with Gasteiger partial charge in [-0.2, -0.15) is 0 Å². The Kier molecular flexibility index (Phi) is 1.68. The van der Waals surface area contributed by atoms with Crippen LogP contribution in [0.4, 0.5) is 0 Å². The van der Waals surface area contributed by atoms with Gasteiger partial charge in [0.25, 0.3) is 0 Å². The molecule has 1 aromatic heterocycles. The third-order valence-electron chi connectivity index (χ3n) is 4.03. The van der Waals surface area contributed by atoms with Crippen molar-refractivity contribution in [3.05, 3.63) is 32.1 Å². The molecule has 86 valence electrons. The first kappa shape index (κ1) is 9.69. The summed E-state index contributed by atoms with van der Waals surface area (Å²) in [6.07, 6.45) is 1.81. The first-order chi connectivity index (χ1) is 7.52. The molecule has 0 aromatic carbocycles. The maximum absolute atomic E-state index is 11.8. The van der Waals surface area contributed by atoms with Crippen LogP contribution in [0, 0.1) is 0 Å². The summed E-state index contributed by atoms with van der Waals surface area (Å²) >= 11 is 0. The Bertz CT molecular complexity index is 563. The molecular weight excluding hydrogens is 206 g/mol. The van der Waals surface area contributed by atoms with Crippen LogP contribution in [0.2, 0.25) is 0 Å². The summed E-state index contributed by atoms with van der Waals surface area (Å²) in [5, 5.41) is 0. The van der Waals surface area contributed by atoms with Gasteiger partial charge in [-0.25, -0.2) is 23.5 Å². The molecule has 0 saturated heterocycles. The number of allylic oxidation sites excluding steroid dienone is 2. The number of fused-ring (bicyclic) bond motifs is 4. The highest BCUT2D eigenvalue weighted by Gasteiger charge is 2.43. The second kappa shape index (κ2) is 2.78. The Labute approximate surface area is 92.6 Å². The summed E-state index contributed by atoms with van der Waals surface area (Å²) < 4.78 is 4.43. The lowest BCUT2D eigenvalue weighted by atomic mass is 9.84. The number of hydrogen-bond acceptors (Lipinski definition) is 2. The van der Waals surface area contributed by atoms with Crippen LogP contribution < -0.4 is 11.4 Å². The molecule has 0 fully saturated rings. The van der Waals surface area contributed by atoms with E-state index in [4.69, 9.17) is 0 Å². The third-order valence-corrected chi connectivity index (χ3v) is 4.03. The fourth-order valence-electron chi connectivity index (χ4n) is 2.85. The highest BCUT2D eigenvalue weighted by molar-refractivity contribution is 5.19. The van der Waals surface area contributed by atoms with E-state index in [0.29, 0.717) is 0 Å². The van der Waals surface area contributed by atoms with Gasteiger partial charge in [0.05, 0.1) is 12.1 Å². The Morgan fingerprint density at radius 1 is 0.938 bits per heavy atom. The zero-order chi connectivity index (χ0) is 11.6. The third kappa shape index (κ3) is 0.911. The van der Waals surface area contributed by atoms with E-state index >= 15 is 0 Å². The molecule has 0 spiro atoms. The minimum Gasteiger partial charge on any atom is -0.246 e. The fraction of sp³-hybridized carbons (Fsp3) is 0.636. The van der Waals surface area contributed by atoms with E-state index in [9.17, 15) is 9.59 Å². The maximum Gasteiger partial charge on any atom is 0.347 e. The molecule has 2 atom stereocenters. The van der Waals surface area contributed by atoms with Gasteiger partial charge in [0.2, 0.25) is 0 Å². The van der Waals surface area contributed by atoms with Crippen LogP contribution in [0.15, 0.2) is 20.7 Å². The van der Waals surface area contributed by atoms with E-state index in [1.165, 1.54) is 15.7 Å². The van der Waals surface area contributed by atoms with Gasteiger partial charge in [-0.3, -0.25) is 0 Å². The van der Waals surface area contributed by atoms with E-state index in [2.05, 4.69) is 13.8 Å². The molecule has 1 aromatic rings. The fourth-order valence-corrected chi connectivity index (χ4v) is 2.85. The highest BCUT2D eigenvalue weighted by atomic mass is 16.2. The van der Waals surface area contributed by atoms with Gasteiger partial charge < -0.3 is 0 Å². The summed E-state index contributed by atoms with van der Waals surface area (Å²) in [5.74, 6) is 0. The predicted molar refractivity (Wildman–Crippen MR) is 59.6 cm³/mol. The minimum absolute atomic E-state index is 0.182. The van der Waals surface area contributed by atoms with Crippen LogP contribution in [0.3, 0.4) is 0 Å². The SMILES string of the molecule is CC1=C(C)CC2C(C1)n1c(=O)n(C)c(=O)n12. The van der Waals surface area contributed by atoms with Crippen molar-refractivity contribution in [2.24, 2.45) is 7.05 Å². The summed E-state index contributed by atoms with van der Waals surface area (Å²) in [6.45, 7) is 4.22. The Morgan fingerprint density at radius 3 is 1.69 bits per heavy atom. The van der Waals surface area contributed by atoms with Crippen molar-refractivity contribution in [1.82, 2.24) is 13.9 Å². The van der Waals surface area contributed by atoms with E-state index in [1.807, 2.05) is 0 Å². The van der Waals surface area contributed by atoms with Gasteiger partial charge in [-0.05, 0) is 26.7 Å². The van der Waals surface area contributed by atoms with E-state index in [0.717, 1.165) is 12.8 Å². The molecular formula is C11H15N3O2. The average molecular weight is 221 g/mol. The second-order valence-corrected chi connectivity index (χ2v) is 4.92. The number of aromatic nitrogens is 3. The van der Waals surface area contributed by atoms with Crippen molar-refractivity contribution in [3.63, 3.8) is 0 Å². The van der Waals surface area contributed by atoms with Crippen molar-refractivity contribution in [3.8, 4) is 0 Å². The van der Waals surface area contributed by atoms with Crippen LogP contribution in [-0.4, -0.2) is 13.9 Å². The molecule has 2 heterocycles. The first-order valence-electron chi connectivity index (χ1n) is 5.57. The zero-order valence-corrected chi connectivity index (χ0v) is 9.73. The number of rotatable bonds is 0. The maximum atomic E-state index is 11.8. The van der Waals surface area contributed by atoms with Crippen LogP contribution in [0.1, 0.15) is 38.8 Å². The van der Waals surface area contributed by atoms with Gasteiger partial charge in [0.15, 0.2) is 0 Å². The summed E-state index contributed by atoms with van der Waals surface area (Å²) in [4.78, 5) is 23.6. The molecule has 0 N–H and O–H groups in total. The number of nitrogens with zero attached hydrogens (tertiary/aromatic N) is 3. The lowest BCUT2D eigenvalue weighted by molar-refractivity contribution is 0.112. The van der Waals surface area contributed by atoms with Crippen LogP contribution >= 0.6 is 0 Å². The van der Waals surface area contributed by atoms with Crippen molar-refractivity contribution in [2.45, 2.75) is 38.8 Å².